The number of hydrogen-bond donors (Lipinski definition) is 2. The van der Waals surface area contributed by atoms with Crippen LogP contribution in [0.3, 0.4) is 0 Å². The average molecular weight is 198 g/mol. The van der Waals surface area contributed by atoms with Crippen LogP contribution in [0.4, 0.5) is 10.1 Å². The molecule has 0 saturated heterocycles. The van der Waals surface area contributed by atoms with Gasteiger partial charge in [0, 0.05) is 18.7 Å². The molecule has 1 aromatic carbocycles. The SMILES string of the molecule is NC(=S)CCNc1cccc(F)c1. The van der Waals surface area contributed by atoms with Gasteiger partial charge < -0.3 is 11.1 Å². The molecule has 1 rings (SSSR count). The molecule has 2 nitrogen and oxygen atoms in total. The lowest BCUT2D eigenvalue weighted by atomic mass is 10.3. The fourth-order valence-corrected chi connectivity index (χ4v) is 1.03. The van der Waals surface area contributed by atoms with E-state index >= 15 is 0 Å². The van der Waals surface area contributed by atoms with Crippen LogP contribution < -0.4 is 11.1 Å². The Morgan fingerprint density at radius 2 is 2.31 bits per heavy atom. The van der Waals surface area contributed by atoms with E-state index in [1.54, 1.807) is 12.1 Å². The van der Waals surface area contributed by atoms with Crippen molar-refractivity contribution in [1.29, 1.82) is 0 Å². The van der Waals surface area contributed by atoms with Crippen LogP contribution in [0.25, 0.3) is 0 Å². The van der Waals surface area contributed by atoms with Crippen LogP contribution in [0.1, 0.15) is 6.42 Å². The molecule has 0 aliphatic carbocycles. The van der Waals surface area contributed by atoms with Gasteiger partial charge in [-0.15, -0.1) is 0 Å². The van der Waals surface area contributed by atoms with Gasteiger partial charge in [0.2, 0.25) is 0 Å². The first-order valence-corrected chi connectivity index (χ1v) is 4.37. The zero-order chi connectivity index (χ0) is 9.68. The molecule has 0 fully saturated rings. The van der Waals surface area contributed by atoms with Crippen LogP contribution in [-0.4, -0.2) is 11.5 Å². The first-order valence-electron chi connectivity index (χ1n) is 3.96. The summed E-state index contributed by atoms with van der Waals surface area (Å²) in [6.45, 7) is 0.638. The molecule has 0 atom stereocenters. The Hall–Kier alpha value is -1.16. The first-order chi connectivity index (χ1) is 6.18. The number of hydrogen-bond acceptors (Lipinski definition) is 2. The van der Waals surface area contributed by atoms with Crippen LogP contribution >= 0.6 is 12.2 Å². The minimum absolute atomic E-state index is 0.250. The largest absolute Gasteiger partial charge is 0.393 e. The smallest absolute Gasteiger partial charge is 0.125 e. The average Bonchev–Trinajstić information content (AvgIpc) is 2.03. The van der Waals surface area contributed by atoms with Gasteiger partial charge in [-0.1, -0.05) is 18.3 Å². The van der Waals surface area contributed by atoms with Crippen molar-refractivity contribution in [2.24, 2.45) is 5.73 Å². The van der Waals surface area contributed by atoms with Crippen LogP contribution in [0, 0.1) is 5.82 Å². The second-order valence-corrected chi connectivity index (χ2v) is 3.18. The first kappa shape index (κ1) is 9.92. The highest BCUT2D eigenvalue weighted by Gasteiger charge is 1.94. The predicted octanol–water partition coefficient (Wildman–Crippen LogP) is 1.91. The Morgan fingerprint density at radius 3 is 2.92 bits per heavy atom. The van der Waals surface area contributed by atoms with Crippen molar-refractivity contribution in [2.75, 3.05) is 11.9 Å². The van der Waals surface area contributed by atoms with E-state index in [2.05, 4.69) is 5.32 Å². The molecule has 0 saturated carbocycles. The molecule has 13 heavy (non-hydrogen) atoms. The molecule has 0 aliphatic rings. The van der Waals surface area contributed by atoms with Crippen molar-refractivity contribution < 1.29 is 4.39 Å². The Morgan fingerprint density at radius 1 is 1.54 bits per heavy atom. The predicted molar refractivity (Wildman–Crippen MR) is 56.3 cm³/mol. The van der Waals surface area contributed by atoms with Gasteiger partial charge in [0.1, 0.15) is 5.82 Å². The fraction of sp³-hybridized carbons (Fsp3) is 0.222. The summed E-state index contributed by atoms with van der Waals surface area (Å²) in [5.41, 5.74) is 6.05. The summed E-state index contributed by atoms with van der Waals surface area (Å²) in [5.74, 6) is -0.250. The molecular formula is C9H11FN2S. The van der Waals surface area contributed by atoms with Crippen LogP contribution in [0.5, 0.6) is 0 Å². The van der Waals surface area contributed by atoms with Crippen molar-refractivity contribution in [2.45, 2.75) is 6.42 Å². The molecule has 0 unspecified atom stereocenters. The quantitative estimate of drug-likeness (QED) is 0.726. The zero-order valence-electron chi connectivity index (χ0n) is 7.09. The fourth-order valence-electron chi connectivity index (χ4n) is 0.928. The highest BCUT2D eigenvalue weighted by Crippen LogP contribution is 2.08. The molecule has 0 bridgehead atoms. The van der Waals surface area contributed by atoms with Gasteiger partial charge in [0.05, 0.1) is 4.99 Å². The van der Waals surface area contributed by atoms with Gasteiger partial charge in [-0.2, -0.15) is 0 Å². The molecule has 3 N–H and O–H groups in total. The van der Waals surface area contributed by atoms with Crippen LogP contribution in [0.2, 0.25) is 0 Å². The summed E-state index contributed by atoms with van der Waals surface area (Å²) in [4.78, 5) is 0.462. The topological polar surface area (TPSA) is 38.0 Å². The van der Waals surface area contributed by atoms with Crippen molar-refractivity contribution >= 4 is 22.9 Å². The van der Waals surface area contributed by atoms with Crippen LogP contribution in [-0.2, 0) is 0 Å². The summed E-state index contributed by atoms with van der Waals surface area (Å²) >= 11 is 4.70. The summed E-state index contributed by atoms with van der Waals surface area (Å²) < 4.78 is 12.7. The normalized spacial score (nSPS) is 9.62. The molecule has 0 amide bonds. The van der Waals surface area contributed by atoms with E-state index in [1.807, 2.05) is 0 Å². The second kappa shape index (κ2) is 4.77. The number of nitrogens with two attached hydrogens (primary N) is 1. The zero-order valence-corrected chi connectivity index (χ0v) is 7.90. The molecule has 0 aliphatic heterocycles. The van der Waals surface area contributed by atoms with Crippen molar-refractivity contribution in [3.05, 3.63) is 30.1 Å². The Kier molecular flexibility index (Phi) is 3.64. The summed E-state index contributed by atoms with van der Waals surface area (Å²) in [5, 5.41) is 3.01. The van der Waals surface area contributed by atoms with Gasteiger partial charge in [-0.05, 0) is 18.2 Å². The highest BCUT2D eigenvalue weighted by atomic mass is 32.1. The molecule has 0 heterocycles. The number of nitrogens with one attached hydrogen (secondary N) is 1. The standard InChI is InChI=1S/C9H11FN2S/c10-7-2-1-3-8(6-7)12-5-4-9(11)13/h1-3,6,12H,4-5H2,(H2,11,13). The minimum atomic E-state index is -0.250. The van der Waals surface area contributed by atoms with E-state index in [4.69, 9.17) is 18.0 Å². The number of anilines is 1. The third-order valence-corrected chi connectivity index (χ3v) is 1.73. The van der Waals surface area contributed by atoms with Crippen LogP contribution in [0.15, 0.2) is 24.3 Å². The summed E-state index contributed by atoms with van der Waals surface area (Å²) in [6, 6.07) is 6.28. The van der Waals surface area contributed by atoms with E-state index in [9.17, 15) is 4.39 Å². The van der Waals surface area contributed by atoms with E-state index in [-0.39, 0.29) is 5.82 Å². The molecular weight excluding hydrogens is 187 g/mol. The molecule has 4 heteroatoms. The monoisotopic (exact) mass is 198 g/mol. The van der Waals surface area contributed by atoms with E-state index in [0.717, 1.165) is 5.69 Å². The van der Waals surface area contributed by atoms with E-state index in [1.165, 1.54) is 12.1 Å². The number of thiocarbonyl (C=S) groups is 1. The number of benzene rings is 1. The maximum atomic E-state index is 12.7. The Bertz CT molecular complexity index is 301. The molecule has 0 aromatic heterocycles. The lowest BCUT2D eigenvalue weighted by Crippen LogP contribution is -2.13. The maximum absolute atomic E-state index is 12.7. The van der Waals surface area contributed by atoms with Gasteiger partial charge in [0.25, 0.3) is 0 Å². The maximum Gasteiger partial charge on any atom is 0.125 e. The summed E-state index contributed by atoms with van der Waals surface area (Å²) in [7, 11) is 0. The Balaban J connectivity index is 2.41. The van der Waals surface area contributed by atoms with Gasteiger partial charge >= 0.3 is 0 Å². The van der Waals surface area contributed by atoms with Gasteiger partial charge in [-0.3, -0.25) is 0 Å². The van der Waals surface area contributed by atoms with Gasteiger partial charge in [0.15, 0.2) is 0 Å². The number of halogens is 1. The van der Waals surface area contributed by atoms with E-state index in [0.29, 0.717) is 18.0 Å². The third-order valence-electron chi connectivity index (χ3n) is 1.53. The lowest BCUT2D eigenvalue weighted by Gasteiger charge is -2.04. The summed E-state index contributed by atoms with van der Waals surface area (Å²) in [6.07, 6.45) is 0.617. The Labute approximate surface area is 81.9 Å². The second-order valence-electron chi connectivity index (χ2n) is 2.65. The molecule has 1 aromatic rings. The van der Waals surface area contributed by atoms with Crippen molar-refractivity contribution in [3.8, 4) is 0 Å². The lowest BCUT2D eigenvalue weighted by molar-refractivity contribution is 0.628. The highest BCUT2D eigenvalue weighted by molar-refractivity contribution is 7.80. The van der Waals surface area contributed by atoms with Gasteiger partial charge in [-0.25, -0.2) is 4.39 Å². The van der Waals surface area contributed by atoms with Crippen molar-refractivity contribution in [3.63, 3.8) is 0 Å². The third kappa shape index (κ3) is 3.85. The van der Waals surface area contributed by atoms with Crippen molar-refractivity contribution in [1.82, 2.24) is 0 Å². The molecule has 70 valence electrons. The van der Waals surface area contributed by atoms with E-state index < -0.39 is 0 Å². The number of rotatable bonds is 4. The minimum Gasteiger partial charge on any atom is -0.393 e. The molecule has 0 spiro atoms. The molecule has 0 radical (unpaired) electrons.